The molecule has 2 aliphatic rings. The van der Waals surface area contributed by atoms with E-state index in [1.165, 1.54) is 16.0 Å². The van der Waals surface area contributed by atoms with Crippen molar-refractivity contribution < 1.29 is 9.53 Å². The lowest BCUT2D eigenvalue weighted by Crippen LogP contribution is -2.49. The molecule has 0 aromatic heterocycles. The summed E-state index contributed by atoms with van der Waals surface area (Å²) < 4.78 is 5.69. The number of carbonyl (C=O) groups is 1. The molecule has 2 N–H and O–H groups in total. The van der Waals surface area contributed by atoms with E-state index in [9.17, 15) is 4.79 Å². The van der Waals surface area contributed by atoms with Crippen molar-refractivity contribution in [1.29, 1.82) is 0 Å². The first-order chi connectivity index (χ1) is 12.8. The van der Waals surface area contributed by atoms with Crippen LogP contribution in [-0.4, -0.2) is 36.5 Å². The number of ether oxygens (including phenoxy) is 1. The van der Waals surface area contributed by atoms with Gasteiger partial charge in [-0.05, 0) is 62.8 Å². The topological polar surface area (TPSA) is 50.4 Å². The average Bonchev–Trinajstić information content (AvgIpc) is 2.98. The molecule has 0 spiro atoms. The molecule has 2 fully saturated rings. The van der Waals surface area contributed by atoms with Gasteiger partial charge in [0.25, 0.3) is 0 Å². The summed E-state index contributed by atoms with van der Waals surface area (Å²) in [6.07, 6.45) is 2.40. The molecule has 3 rings (SSSR count). The zero-order chi connectivity index (χ0) is 19.6. The van der Waals surface area contributed by atoms with Crippen LogP contribution in [0.25, 0.3) is 0 Å². The molecule has 27 heavy (non-hydrogen) atoms. The van der Waals surface area contributed by atoms with Crippen LogP contribution in [0, 0.1) is 18.8 Å². The molecule has 2 saturated heterocycles. The van der Waals surface area contributed by atoms with E-state index in [1.54, 1.807) is 0 Å². The first-order valence-corrected chi connectivity index (χ1v) is 11.2. The molecular formula is C21H31ClN2O2S. The van der Waals surface area contributed by atoms with Crippen LogP contribution in [0.3, 0.4) is 0 Å². The van der Waals surface area contributed by atoms with Crippen molar-refractivity contribution in [2.45, 2.75) is 69.4 Å². The highest BCUT2D eigenvalue weighted by Crippen LogP contribution is 2.37. The van der Waals surface area contributed by atoms with Gasteiger partial charge in [-0.2, -0.15) is 0 Å². The summed E-state index contributed by atoms with van der Waals surface area (Å²) in [5.74, 6) is 0.603. The summed E-state index contributed by atoms with van der Waals surface area (Å²) in [7, 11) is 0. The highest BCUT2D eigenvalue weighted by Gasteiger charge is 2.31. The fourth-order valence-corrected chi connectivity index (χ4v) is 5.71. The zero-order valence-corrected chi connectivity index (χ0v) is 18.3. The van der Waals surface area contributed by atoms with Crippen LogP contribution in [0.4, 0.5) is 0 Å². The van der Waals surface area contributed by atoms with E-state index in [4.69, 9.17) is 16.3 Å². The minimum Gasteiger partial charge on any atom is -0.377 e. The third-order valence-corrected chi connectivity index (χ3v) is 7.65. The summed E-state index contributed by atoms with van der Waals surface area (Å²) in [5.41, 5.74) is 2.47. The number of piperidine rings is 1. The van der Waals surface area contributed by atoms with E-state index in [0.717, 1.165) is 31.0 Å². The second kappa shape index (κ2) is 9.17. The van der Waals surface area contributed by atoms with Crippen LogP contribution < -0.4 is 10.6 Å². The Morgan fingerprint density at radius 2 is 2.11 bits per heavy atom. The molecule has 150 valence electrons. The molecule has 6 heteroatoms. The second-order valence-corrected chi connectivity index (χ2v) is 9.79. The Morgan fingerprint density at radius 3 is 2.78 bits per heavy atom. The van der Waals surface area contributed by atoms with Crippen LogP contribution in [0.5, 0.6) is 0 Å². The van der Waals surface area contributed by atoms with Crippen molar-refractivity contribution >= 4 is 29.3 Å². The number of benzene rings is 1. The predicted octanol–water partition coefficient (Wildman–Crippen LogP) is 4.17. The lowest BCUT2D eigenvalue weighted by molar-refractivity contribution is -0.129. The minimum absolute atomic E-state index is 0.0334. The van der Waals surface area contributed by atoms with Gasteiger partial charge in [0.1, 0.15) is 0 Å². The van der Waals surface area contributed by atoms with Gasteiger partial charge in [0.2, 0.25) is 5.91 Å². The van der Waals surface area contributed by atoms with Crippen LogP contribution in [0.1, 0.15) is 44.7 Å². The Hall–Kier alpha value is -0.750. The average molecular weight is 411 g/mol. The molecule has 5 unspecified atom stereocenters. The molecule has 0 bridgehead atoms. The van der Waals surface area contributed by atoms with Gasteiger partial charge in [0.05, 0.1) is 12.0 Å². The maximum Gasteiger partial charge on any atom is 0.224 e. The lowest BCUT2D eigenvalue weighted by atomic mass is 9.84. The van der Waals surface area contributed by atoms with Gasteiger partial charge < -0.3 is 15.4 Å². The van der Waals surface area contributed by atoms with E-state index in [-0.39, 0.29) is 24.0 Å². The molecule has 2 aliphatic heterocycles. The number of nitrogens with one attached hydrogen (secondary N) is 2. The van der Waals surface area contributed by atoms with Gasteiger partial charge in [0.15, 0.2) is 0 Å². The summed E-state index contributed by atoms with van der Waals surface area (Å²) in [5, 5.41) is 7.81. The highest BCUT2D eigenvalue weighted by atomic mass is 35.5. The van der Waals surface area contributed by atoms with E-state index in [1.807, 2.05) is 17.8 Å². The van der Waals surface area contributed by atoms with Gasteiger partial charge in [0, 0.05) is 40.9 Å². The number of thioether (sulfide) groups is 1. The fraction of sp³-hybridized carbons (Fsp3) is 0.667. The maximum absolute atomic E-state index is 12.3. The normalized spacial score (nSPS) is 31.1. The van der Waals surface area contributed by atoms with E-state index in [2.05, 4.69) is 44.4 Å². The second-order valence-electron chi connectivity index (χ2n) is 8.07. The van der Waals surface area contributed by atoms with E-state index in [0.29, 0.717) is 17.7 Å². The number of hydrogen-bond donors (Lipinski definition) is 2. The van der Waals surface area contributed by atoms with Crippen LogP contribution in [0.2, 0.25) is 5.02 Å². The lowest BCUT2D eigenvalue weighted by Gasteiger charge is -2.32. The molecule has 0 radical (unpaired) electrons. The largest absolute Gasteiger partial charge is 0.377 e. The number of carbonyl (C=O) groups excluding carboxylic acids is 1. The summed E-state index contributed by atoms with van der Waals surface area (Å²) >= 11 is 8.27. The standard InChI is InChI=1S/C21H31ClN2O2S/c1-12-7-13(2)24-21(25)18(12)11-23-10-16-8-17(22)9-20(14(16)3)27-19-5-6-26-15(19)4/h8-9,12-13,15,18-19,23H,5-7,10-11H2,1-4H3,(H,24,25). The zero-order valence-electron chi connectivity index (χ0n) is 16.7. The van der Waals surface area contributed by atoms with E-state index >= 15 is 0 Å². The smallest absolute Gasteiger partial charge is 0.224 e. The summed E-state index contributed by atoms with van der Waals surface area (Å²) in [6, 6.07) is 4.38. The Labute approximate surface area is 172 Å². The summed E-state index contributed by atoms with van der Waals surface area (Å²) in [4.78, 5) is 13.5. The van der Waals surface area contributed by atoms with Crippen LogP contribution in [-0.2, 0) is 16.1 Å². The van der Waals surface area contributed by atoms with Gasteiger partial charge in [-0.3, -0.25) is 4.79 Å². The SMILES string of the molecule is Cc1c(CNCC2C(=O)NC(C)CC2C)cc(Cl)cc1SC1CCOC1C. The molecule has 1 aromatic carbocycles. The van der Waals surface area contributed by atoms with E-state index < -0.39 is 0 Å². The molecule has 1 amide bonds. The summed E-state index contributed by atoms with van der Waals surface area (Å²) in [6.45, 7) is 10.8. The molecule has 0 aliphatic carbocycles. The minimum atomic E-state index is 0.0334. The Balaban J connectivity index is 1.62. The molecule has 1 aromatic rings. The Bertz CT molecular complexity index is 684. The van der Waals surface area contributed by atoms with Gasteiger partial charge >= 0.3 is 0 Å². The van der Waals surface area contributed by atoms with Crippen LogP contribution >= 0.6 is 23.4 Å². The molecular weight excluding hydrogens is 380 g/mol. The maximum atomic E-state index is 12.3. The van der Waals surface area contributed by atoms with Crippen LogP contribution in [0.15, 0.2) is 17.0 Å². The molecule has 2 heterocycles. The monoisotopic (exact) mass is 410 g/mol. The van der Waals surface area contributed by atoms with Crippen molar-refractivity contribution in [2.24, 2.45) is 11.8 Å². The van der Waals surface area contributed by atoms with Crippen molar-refractivity contribution in [3.05, 3.63) is 28.3 Å². The van der Waals surface area contributed by atoms with Crippen molar-refractivity contribution in [3.8, 4) is 0 Å². The Morgan fingerprint density at radius 1 is 1.33 bits per heavy atom. The number of halogens is 1. The first-order valence-electron chi connectivity index (χ1n) is 9.93. The number of hydrogen-bond acceptors (Lipinski definition) is 4. The Kier molecular flexibility index (Phi) is 7.12. The molecule has 0 saturated carbocycles. The predicted molar refractivity (Wildman–Crippen MR) is 112 cm³/mol. The number of amides is 1. The molecule has 5 atom stereocenters. The van der Waals surface area contributed by atoms with Crippen molar-refractivity contribution in [1.82, 2.24) is 10.6 Å². The fourth-order valence-electron chi connectivity index (χ4n) is 4.09. The number of rotatable bonds is 6. The highest BCUT2D eigenvalue weighted by molar-refractivity contribution is 8.00. The molecule has 4 nitrogen and oxygen atoms in total. The van der Waals surface area contributed by atoms with Gasteiger partial charge in [-0.25, -0.2) is 0 Å². The van der Waals surface area contributed by atoms with Gasteiger partial charge in [-0.1, -0.05) is 18.5 Å². The van der Waals surface area contributed by atoms with Crippen molar-refractivity contribution in [2.75, 3.05) is 13.2 Å². The third kappa shape index (κ3) is 5.20. The quantitative estimate of drug-likeness (QED) is 0.739. The van der Waals surface area contributed by atoms with Crippen molar-refractivity contribution in [3.63, 3.8) is 0 Å². The first kappa shape index (κ1) is 21.0. The third-order valence-electron chi connectivity index (χ3n) is 5.83. The van der Waals surface area contributed by atoms with Gasteiger partial charge in [-0.15, -0.1) is 11.8 Å².